The van der Waals surface area contributed by atoms with Crippen LogP contribution in [0.1, 0.15) is 0 Å². The van der Waals surface area contributed by atoms with Gasteiger partial charge in [-0.15, -0.1) is 0 Å². The van der Waals surface area contributed by atoms with Gasteiger partial charge in [-0.2, -0.15) is 0 Å². The summed E-state index contributed by atoms with van der Waals surface area (Å²) in [7, 11) is 0. The first-order valence-electron chi connectivity index (χ1n) is 0.856. The van der Waals surface area contributed by atoms with E-state index in [9.17, 15) is 0 Å². The van der Waals surface area contributed by atoms with Crippen LogP contribution in [0.15, 0.2) is 0 Å². The molecule has 0 aliphatic heterocycles. The second-order valence-corrected chi connectivity index (χ2v) is 1.11. The quantitative estimate of drug-likeness (QED) is 0.454. The standard InChI is InChI=1S/2CHO.Co/c2*1-2;/h2*1H;. The van der Waals surface area contributed by atoms with Crippen molar-refractivity contribution in [3.8, 4) is 0 Å². The van der Waals surface area contributed by atoms with Gasteiger partial charge in [0.25, 0.3) is 0 Å². The Morgan fingerprint density at radius 3 is 1.60 bits per heavy atom. The van der Waals surface area contributed by atoms with Gasteiger partial charge < -0.3 is 0 Å². The number of rotatable bonds is 2. The van der Waals surface area contributed by atoms with Crippen molar-refractivity contribution in [3.63, 3.8) is 0 Å². The van der Waals surface area contributed by atoms with E-state index in [2.05, 4.69) is 0 Å². The first-order valence-corrected chi connectivity index (χ1v) is 2.06. The average Bonchev–Trinajstić information content (AvgIpc) is 1.41. The van der Waals surface area contributed by atoms with Gasteiger partial charge in [0.15, 0.2) is 0 Å². The van der Waals surface area contributed by atoms with Gasteiger partial charge >= 0.3 is 34.7 Å². The van der Waals surface area contributed by atoms with Crippen LogP contribution in [0.4, 0.5) is 0 Å². The van der Waals surface area contributed by atoms with Crippen molar-refractivity contribution in [2.24, 2.45) is 0 Å². The van der Waals surface area contributed by atoms with E-state index in [1.165, 1.54) is 0 Å². The molecular weight excluding hydrogens is 115 g/mol. The zero-order valence-corrected chi connectivity index (χ0v) is 3.35. The van der Waals surface area contributed by atoms with Crippen LogP contribution in [0.3, 0.4) is 0 Å². The molecule has 0 fully saturated rings. The molecule has 0 atom stereocenters. The van der Waals surface area contributed by atoms with Crippen LogP contribution < -0.4 is 0 Å². The third kappa shape index (κ3) is 3.85. The van der Waals surface area contributed by atoms with Crippen molar-refractivity contribution in [2.45, 2.75) is 0 Å². The van der Waals surface area contributed by atoms with Crippen LogP contribution in [-0.4, -0.2) is 10.4 Å². The number of hydrogen-bond donors (Lipinski definition) is 0. The fraction of sp³-hybridized carbons (Fsp3) is 0. The topological polar surface area (TPSA) is 34.1 Å². The molecule has 31 valence electrons. The Kier molecular flexibility index (Phi) is 3.73. The summed E-state index contributed by atoms with van der Waals surface area (Å²) in [6.45, 7) is 0. The molecule has 0 aromatic carbocycles. The minimum absolute atomic E-state index is 0.243. The molecule has 0 aromatic rings. The molecule has 0 amide bonds. The molecule has 0 aliphatic rings. The molecule has 0 saturated heterocycles. The third-order valence-electron chi connectivity index (χ3n) is 0.0907. The molecule has 0 heterocycles. The molecule has 0 unspecified atom stereocenters. The van der Waals surface area contributed by atoms with Crippen molar-refractivity contribution in [3.05, 3.63) is 0 Å². The Morgan fingerprint density at radius 1 is 1.20 bits per heavy atom. The second kappa shape index (κ2) is 3.85. The van der Waals surface area contributed by atoms with E-state index in [0.29, 0.717) is 10.4 Å². The molecule has 0 saturated carbocycles. The van der Waals surface area contributed by atoms with Crippen LogP contribution in [0, 0.1) is 0 Å². The van der Waals surface area contributed by atoms with Crippen molar-refractivity contribution in [1.29, 1.82) is 0 Å². The molecule has 0 N–H and O–H groups in total. The number of carbonyl (C=O) groups excluding carboxylic acids is 2. The van der Waals surface area contributed by atoms with Gasteiger partial charge in [-0.05, 0) is 0 Å². The molecule has 5 heavy (non-hydrogen) atoms. The zero-order chi connectivity index (χ0) is 4.12. The molecule has 0 spiro atoms. The molecule has 2 nitrogen and oxygen atoms in total. The normalized spacial score (nSPS) is 7.20. The Morgan fingerprint density at radius 2 is 1.60 bits per heavy atom. The van der Waals surface area contributed by atoms with Gasteiger partial charge in [0.2, 0.25) is 0 Å². The fourth-order valence-corrected chi connectivity index (χ4v) is 0.0764. The molecule has 0 bridgehead atoms. The van der Waals surface area contributed by atoms with Crippen molar-refractivity contribution >= 4 is 10.4 Å². The molecule has 0 aromatic heterocycles. The Labute approximate surface area is 35.5 Å². The van der Waals surface area contributed by atoms with Gasteiger partial charge in [0, 0.05) is 0 Å². The Hall–Kier alpha value is -0.154. The maximum atomic E-state index is 9.16. The molecule has 0 rings (SSSR count). The average molecular weight is 117 g/mol. The SMILES string of the molecule is O=[CH][Co][CH]=O. The predicted molar refractivity (Wildman–Crippen MR) is 13.5 cm³/mol. The summed E-state index contributed by atoms with van der Waals surface area (Å²) in [5.74, 6) is 0. The van der Waals surface area contributed by atoms with E-state index < -0.39 is 0 Å². The maximum absolute atomic E-state index is 9.16. The van der Waals surface area contributed by atoms with E-state index in [4.69, 9.17) is 9.59 Å². The van der Waals surface area contributed by atoms with E-state index in [-0.39, 0.29) is 14.7 Å². The second-order valence-electron chi connectivity index (χ2n) is 0.268. The monoisotopic (exact) mass is 117 g/mol. The number of carbonyl (C=O) groups is 2. The summed E-state index contributed by atoms with van der Waals surface area (Å²) in [5, 5.41) is 1.06. The van der Waals surface area contributed by atoms with E-state index in [1.54, 1.807) is 0 Å². The van der Waals surface area contributed by atoms with Gasteiger partial charge in [0.1, 0.15) is 0 Å². The summed E-state index contributed by atoms with van der Waals surface area (Å²) >= 11 is 0.243. The number of hydrogen-bond acceptors (Lipinski definition) is 2. The van der Waals surface area contributed by atoms with Gasteiger partial charge in [-0.25, -0.2) is 0 Å². The van der Waals surface area contributed by atoms with Gasteiger partial charge in [-0.3, -0.25) is 0 Å². The van der Waals surface area contributed by atoms with Crippen LogP contribution in [0.25, 0.3) is 0 Å². The predicted octanol–water partition coefficient (Wildman–Crippen LogP) is -0.551. The summed E-state index contributed by atoms with van der Waals surface area (Å²) in [6, 6.07) is 0. The van der Waals surface area contributed by atoms with Gasteiger partial charge in [-0.1, -0.05) is 0 Å². The minimum atomic E-state index is 0.243. The Balaban J connectivity index is 2.65. The zero-order valence-electron chi connectivity index (χ0n) is 2.30. The van der Waals surface area contributed by atoms with Crippen LogP contribution in [0.2, 0.25) is 0 Å². The fourth-order valence-electron chi connectivity index (χ4n) is 0.0185. The summed E-state index contributed by atoms with van der Waals surface area (Å²) < 4.78 is 0. The van der Waals surface area contributed by atoms with Crippen LogP contribution >= 0.6 is 0 Å². The van der Waals surface area contributed by atoms with Crippen LogP contribution in [-0.2, 0) is 24.3 Å². The van der Waals surface area contributed by atoms with Crippen molar-refractivity contribution < 1.29 is 24.3 Å². The molecular formula is C2H2CoO2. The van der Waals surface area contributed by atoms with E-state index in [1.807, 2.05) is 0 Å². The Bertz CT molecular complexity index is 36.9. The molecule has 3 heteroatoms. The summed E-state index contributed by atoms with van der Waals surface area (Å²) in [5.41, 5.74) is 0. The summed E-state index contributed by atoms with van der Waals surface area (Å²) in [4.78, 5) is 18.3. The van der Waals surface area contributed by atoms with E-state index >= 15 is 0 Å². The first kappa shape index (κ1) is 4.85. The molecule has 0 radical (unpaired) electrons. The third-order valence-corrected chi connectivity index (χ3v) is 0.374. The van der Waals surface area contributed by atoms with Crippen LogP contribution in [0.5, 0.6) is 0 Å². The van der Waals surface area contributed by atoms with Crippen molar-refractivity contribution in [2.75, 3.05) is 0 Å². The van der Waals surface area contributed by atoms with E-state index in [0.717, 1.165) is 0 Å². The van der Waals surface area contributed by atoms with Gasteiger partial charge in [0.05, 0.1) is 0 Å². The molecule has 0 aliphatic carbocycles. The summed E-state index contributed by atoms with van der Waals surface area (Å²) in [6.07, 6.45) is 0. The van der Waals surface area contributed by atoms with Crippen molar-refractivity contribution in [1.82, 2.24) is 0 Å². The first-order chi connectivity index (χ1) is 2.41.